The van der Waals surface area contributed by atoms with Crippen molar-refractivity contribution in [2.24, 2.45) is 0 Å². The fourth-order valence-electron chi connectivity index (χ4n) is 2.29. The Kier molecular flexibility index (Phi) is 2.87. The molecule has 0 radical (unpaired) electrons. The van der Waals surface area contributed by atoms with Crippen LogP contribution in [0.1, 0.15) is 43.4 Å². The van der Waals surface area contributed by atoms with Crippen LogP contribution in [0.4, 0.5) is 0 Å². The number of hydrogen-bond donors (Lipinski definition) is 1. The van der Waals surface area contributed by atoms with Crippen molar-refractivity contribution in [2.75, 3.05) is 0 Å². The average molecular weight is 189 g/mol. The van der Waals surface area contributed by atoms with Crippen molar-refractivity contribution in [3.05, 3.63) is 35.4 Å². The monoisotopic (exact) mass is 189 g/mol. The first-order valence-electron chi connectivity index (χ1n) is 5.58. The van der Waals surface area contributed by atoms with Crippen molar-refractivity contribution in [3.8, 4) is 0 Å². The summed E-state index contributed by atoms with van der Waals surface area (Å²) in [5.41, 5.74) is 2.82. The van der Waals surface area contributed by atoms with Gasteiger partial charge in [0.05, 0.1) is 0 Å². The molecule has 1 heteroatoms. The van der Waals surface area contributed by atoms with Gasteiger partial charge in [0, 0.05) is 12.1 Å². The standard InChI is InChI=1S/C13H19N/c1-10-5-3-7-12(9-10)13-8-4-6-11(2)14-13/h3,5,7,9,11,13-14H,4,6,8H2,1-2H3. The summed E-state index contributed by atoms with van der Waals surface area (Å²) < 4.78 is 0. The summed E-state index contributed by atoms with van der Waals surface area (Å²) in [6.07, 6.45) is 3.96. The Bertz CT molecular complexity index is 306. The maximum Gasteiger partial charge on any atom is 0.0322 e. The highest BCUT2D eigenvalue weighted by Crippen LogP contribution is 2.25. The van der Waals surface area contributed by atoms with E-state index in [1.807, 2.05) is 0 Å². The van der Waals surface area contributed by atoms with Gasteiger partial charge in [-0.05, 0) is 32.3 Å². The zero-order valence-corrected chi connectivity index (χ0v) is 9.09. The molecule has 2 atom stereocenters. The summed E-state index contributed by atoms with van der Waals surface area (Å²) in [7, 11) is 0. The van der Waals surface area contributed by atoms with Crippen LogP contribution < -0.4 is 5.32 Å². The first-order valence-corrected chi connectivity index (χ1v) is 5.58. The van der Waals surface area contributed by atoms with Gasteiger partial charge in [0.25, 0.3) is 0 Å². The molecule has 0 saturated carbocycles. The normalized spacial score (nSPS) is 27.6. The maximum absolute atomic E-state index is 3.66. The second-order valence-corrected chi connectivity index (χ2v) is 4.47. The molecule has 0 aliphatic carbocycles. The minimum Gasteiger partial charge on any atom is -0.307 e. The number of benzene rings is 1. The molecule has 1 nitrogen and oxygen atoms in total. The molecule has 2 unspecified atom stereocenters. The lowest BCUT2D eigenvalue weighted by molar-refractivity contribution is 0.341. The van der Waals surface area contributed by atoms with Crippen LogP contribution in [-0.4, -0.2) is 6.04 Å². The molecule has 0 amide bonds. The summed E-state index contributed by atoms with van der Waals surface area (Å²) in [6, 6.07) is 10.1. The fourth-order valence-corrected chi connectivity index (χ4v) is 2.29. The van der Waals surface area contributed by atoms with Gasteiger partial charge in [-0.25, -0.2) is 0 Å². The second kappa shape index (κ2) is 4.14. The van der Waals surface area contributed by atoms with Gasteiger partial charge in [-0.3, -0.25) is 0 Å². The summed E-state index contributed by atoms with van der Waals surface area (Å²) in [4.78, 5) is 0. The molecule has 1 aromatic rings. The van der Waals surface area contributed by atoms with Crippen LogP contribution >= 0.6 is 0 Å². The van der Waals surface area contributed by atoms with E-state index in [2.05, 4.69) is 43.4 Å². The number of aryl methyl sites for hydroxylation is 1. The zero-order valence-electron chi connectivity index (χ0n) is 9.09. The second-order valence-electron chi connectivity index (χ2n) is 4.47. The van der Waals surface area contributed by atoms with Crippen molar-refractivity contribution in [1.82, 2.24) is 5.32 Å². The van der Waals surface area contributed by atoms with Crippen LogP contribution in [0.2, 0.25) is 0 Å². The Morgan fingerprint density at radius 1 is 1.29 bits per heavy atom. The highest BCUT2D eigenvalue weighted by Gasteiger charge is 2.18. The van der Waals surface area contributed by atoms with Crippen LogP contribution in [0, 0.1) is 6.92 Å². The quantitative estimate of drug-likeness (QED) is 0.715. The first kappa shape index (κ1) is 9.72. The van der Waals surface area contributed by atoms with Crippen molar-refractivity contribution in [1.29, 1.82) is 0 Å². The molecule has 1 aliphatic heterocycles. The zero-order chi connectivity index (χ0) is 9.97. The van der Waals surface area contributed by atoms with Crippen LogP contribution in [0.3, 0.4) is 0 Å². The highest BCUT2D eigenvalue weighted by molar-refractivity contribution is 5.25. The van der Waals surface area contributed by atoms with Gasteiger partial charge in [0.1, 0.15) is 0 Å². The Balaban J connectivity index is 2.14. The summed E-state index contributed by atoms with van der Waals surface area (Å²) in [5, 5.41) is 3.66. The first-order chi connectivity index (χ1) is 6.75. The molecule has 1 aliphatic rings. The lowest BCUT2D eigenvalue weighted by Gasteiger charge is -2.29. The molecule has 14 heavy (non-hydrogen) atoms. The van der Waals surface area contributed by atoms with Crippen LogP contribution in [-0.2, 0) is 0 Å². The van der Waals surface area contributed by atoms with E-state index in [-0.39, 0.29) is 0 Å². The Morgan fingerprint density at radius 2 is 2.14 bits per heavy atom. The van der Waals surface area contributed by atoms with Crippen LogP contribution in [0.15, 0.2) is 24.3 Å². The molecular weight excluding hydrogens is 170 g/mol. The van der Waals surface area contributed by atoms with Crippen molar-refractivity contribution >= 4 is 0 Å². The molecule has 1 heterocycles. The molecule has 0 spiro atoms. The lowest BCUT2D eigenvalue weighted by Crippen LogP contribution is -2.34. The SMILES string of the molecule is Cc1cccc(C2CCCC(C)N2)c1. The number of piperidine rings is 1. The summed E-state index contributed by atoms with van der Waals surface area (Å²) in [5.74, 6) is 0. The largest absolute Gasteiger partial charge is 0.307 e. The number of hydrogen-bond acceptors (Lipinski definition) is 1. The predicted molar refractivity (Wildman–Crippen MR) is 60.4 cm³/mol. The maximum atomic E-state index is 3.66. The molecule has 0 bridgehead atoms. The van der Waals surface area contributed by atoms with E-state index in [0.717, 1.165) is 0 Å². The van der Waals surface area contributed by atoms with Gasteiger partial charge in [-0.1, -0.05) is 36.2 Å². The minimum atomic E-state index is 0.582. The van der Waals surface area contributed by atoms with Gasteiger partial charge in [0.15, 0.2) is 0 Å². The van der Waals surface area contributed by atoms with Gasteiger partial charge < -0.3 is 5.32 Å². The topological polar surface area (TPSA) is 12.0 Å². The molecule has 1 fully saturated rings. The Labute approximate surface area is 86.5 Å². The van der Waals surface area contributed by atoms with E-state index < -0.39 is 0 Å². The minimum absolute atomic E-state index is 0.582. The number of nitrogens with one attached hydrogen (secondary N) is 1. The fraction of sp³-hybridized carbons (Fsp3) is 0.538. The molecule has 2 rings (SSSR count). The van der Waals surface area contributed by atoms with Crippen LogP contribution in [0.5, 0.6) is 0 Å². The molecule has 1 saturated heterocycles. The molecule has 76 valence electrons. The van der Waals surface area contributed by atoms with E-state index in [9.17, 15) is 0 Å². The Morgan fingerprint density at radius 3 is 2.86 bits per heavy atom. The summed E-state index contributed by atoms with van der Waals surface area (Å²) >= 11 is 0. The smallest absolute Gasteiger partial charge is 0.0322 e. The predicted octanol–water partition coefficient (Wildman–Crippen LogP) is 3.20. The molecule has 0 aromatic heterocycles. The van der Waals surface area contributed by atoms with Gasteiger partial charge in [-0.2, -0.15) is 0 Å². The van der Waals surface area contributed by atoms with Crippen molar-refractivity contribution in [2.45, 2.75) is 45.2 Å². The summed E-state index contributed by atoms with van der Waals surface area (Å²) in [6.45, 7) is 4.44. The van der Waals surface area contributed by atoms with E-state index in [1.54, 1.807) is 0 Å². The van der Waals surface area contributed by atoms with E-state index in [1.165, 1.54) is 30.4 Å². The van der Waals surface area contributed by atoms with E-state index >= 15 is 0 Å². The van der Waals surface area contributed by atoms with Crippen molar-refractivity contribution < 1.29 is 0 Å². The molecule has 1 aromatic carbocycles. The third-order valence-corrected chi connectivity index (χ3v) is 3.06. The highest BCUT2D eigenvalue weighted by atomic mass is 15.0. The van der Waals surface area contributed by atoms with Gasteiger partial charge in [-0.15, -0.1) is 0 Å². The van der Waals surface area contributed by atoms with Gasteiger partial charge >= 0.3 is 0 Å². The van der Waals surface area contributed by atoms with E-state index in [0.29, 0.717) is 12.1 Å². The molecule has 1 N–H and O–H groups in total. The Hall–Kier alpha value is -0.820. The van der Waals surface area contributed by atoms with Crippen LogP contribution in [0.25, 0.3) is 0 Å². The lowest BCUT2D eigenvalue weighted by atomic mass is 9.93. The van der Waals surface area contributed by atoms with Gasteiger partial charge in [0.2, 0.25) is 0 Å². The molecular formula is C13H19N. The van der Waals surface area contributed by atoms with E-state index in [4.69, 9.17) is 0 Å². The third-order valence-electron chi connectivity index (χ3n) is 3.06. The average Bonchev–Trinajstić information content (AvgIpc) is 2.18. The number of rotatable bonds is 1. The van der Waals surface area contributed by atoms with Crippen molar-refractivity contribution in [3.63, 3.8) is 0 Å². The third kappa shape index (κ3) is 2.16.